The fraction of sp³-hybridized carbons (Fsp3) is 0.143. The van der Waals surface area contributed by atoms with Gasteiger partial charge in [-0.2, -0.15) is 0 Å². The highest BCUT2D eigenvalue weighted by Crippen LogP contribution is 2.27. The summed E-state index contributed by atoms with van der Waals surface area (Å²) in [6, 6.07) is 7.82. The maximum atomic E-state index is 6.09. The summed E-state index contributed by atoms with van der Waals surface area (Å²) in [5.41, 5.74) is 2.68. The van der Waals surface area contributed by atoms with E-state index in [0.717, 1.165) is 16.9 Å². The molecule has 1 heterocycles. The fourth-order valence-electron chi connectivity index (χ4n) is 1.66. The minimum Gasteiger partial charge on any atom is -0.388 e. The molecule has 1 aromatic heterocycles. The first-order valence-electron chi connectivity index (χ1n) is 5.84. The Kier molecular flexibility index (Phi) is 4.02. The number of anilines is 2. The number of nitrogens with zero attached hydrogens (tertiary/aromatic N) is 2. The molecule has 1 aromatic carbocycles. The number of benzene rings is 1. The Morgan fingerprint density at radius 1 is 1.32 bits per heavy atom. The zero-order chi connectivity index (χ0) is 13.8. The van der Waals surface area contributed by atoms with Gasteiger partial charge >= 0.3 is 0 Å². The average Bonchev–Trinajstić information content (AvgIpc) is 2.42. The highest BCUT2D eigenvalue weighted by Gasteiger charge is 2.08. The first-order valence-corrected chi connectivity index (χ1v) is 6.22. The van der Waals surface area contributed by atoms with Gasteiger partial charge in [-0.15, -0.1) is 0 Å². The molecule has 0 radical (unpaired) electrons. The monoisotopic (exact) mass is 274 g/mol. The summed E-state index contributed by atoms with van der Waals surface area (Å²) in [6.07, 6.45) is 1.59. The van der Waals surface area contributed by atoms with E-state index >= 15 is 0 Å². The van der Waals surface area contributed by atoms with Crippen LogP contribution in [0.15, 0.2) is 37.0 Å². The maximum absolute atomic E-state index is 6.09. The van der Waals surface area contributed by atoms with Gasteiger partial charge in [-0.1, -0.05) is 36.4 Å². The van der Waals surface area contributed by atoms with Gasteiger partial charge in [0, 0.05) is 24.0 Å². The van der Waals surface area contributed by atoms with Crippen LogP contribution in [0.25, 0.3) is 5.70 Å². The summed E-state index contributed by atoms with van der Waals surface area (Å²) in [4.78, 5) is 8.33. The van der Waals surface area contributed by atoms with Crippen molar-refractivity contribution in [2.75, 3.05) is 12.4 Å². The molecule has 4 nitrogen and oxygen atoms in total. The summed E-state index contributed by atoms with van der Waals surface area (Å²) >= 11 is 6.09. The summed E-state index contributed by atoms with van der Waals surface area (Å²) in [6.45, 7) is 5.79. The van der Waals surface area contributed by atoms with Gasteiger partial charge in [0.15, 0.2) is 5.82 Å². The van der Waals surface area contributed by atoms with Crippen LogP contribution in [-0.2, 0) is 0 Å². The molecule has 0 aliphatic carbocycles. The highest BCUT2D eigenvalue weighted by molar-refractivity contribution is 6.32. The number of halogens is 1. The molecule has 0 atom stereocenters. The molecular formula is C14H15ClN4. The molecule has 98 valence electrons. The van der Waals surface area contributed by atoms with Gasteiger partial charge in [-0.25, -0.2) is 9.97 Å². The normalized spacial score (nSPS) is 10.1. The molecule has 0 amide bonds. The van der Waals surface area contributed by atoms with Gasteiger partial charge in [0.2, 0.25) is 0 Å². The van der Waals surface area contributed by atoms with E-state index in [9.17, 15) is 0 Å². The van der Waals surface area contributed by atoms with Crippen molar-refractivity contribution in [3.8, 4) is 0 Å². The molecule has 0 aliphatic heterocycles. The third-order valence-corrected chi connectivity index (χ3v) is 2.95. The third-order valence-electron chi connectivity index (χ3n) is 2.67. The number of aryl methyl sites for hydroxylation is 1. The van der Waals surface area contributed by atoms with Crippen LogP contribution in [0.3, 0.4) is 0 Å². The van der Waals surface area contributed by atoms with Gasteiger partial charge < -0.3 is 10.6 Å². The van der Waals surface area contributed by atoms with Crippen molar-refractivity contribution < 1.29 is 0 Å². The molecule has 0 saturated heterocycles. The molecule has 0 saturated carbocycles. The van der Waals surface area contributed by atoms with Crippen molar-refractivity contribution in [1.29, 1.82) is 0 Å². The lowest BCUT2D eigenvalue weighted by Gasteiger charge is -2.14. The van der Waals surface area contributed by atoms with Crippen molar-refractivity contribution >= 4 is 28.8 Å². The fourth-order valence-corrected chi connectivity index (χ4v) is 1.80. The lowest BCUT2D eigenvalue weighted by molar-refractivity contribution is 1.06. The van der Waals surface area contributed by atoms with Crippen LogP contribution in [0.2, 0.25) is 5.02 Å². The van der Waals surface area contributed by atoms with E-state index in [0.29, 0.717) is 16.7 Å². The standard InChI is InChI=1S/C14H15ClN4/c1-9(16-3)11-6-4-5-7-13(11)19-14-12(15)8-17-10(2)18-14/h4-8,16H,1H2,2-3H3,(H,17,18,19). The van der Waals surface area contributed by atoms with Crippen molar-refractivity contribution in [2.45, 2.75) is 6.92 Å². The molecule has 0 bridgehead atoms. The van der Waals surface area contributed by atoms with Gasteiger partial charge in [-0.05, 0) is 13.0 Å². The Balaban J connectivity index is 2.38. The summed E-state index contributed by atoms with van der Waals surface area (Å²) in [5.74, 6) is 1.25. The summed E-state index contributed by atoms with van der Waals surface area (Å²) < 4.78 is 0. The minimum absolute atomic E-state index is 0.482. The van der Waals surface area contributed by atoms with Crippen molar-refractivity contribution in [1.82, 2.24) is 15.3 Å². The van der Waals surface area contributed by atoms with Crippen LogP contribution in [0.4, 0.5) is 11.5 Å². The Bertz CT molecular complexity index is 610. The quantitative estimate of drug-likeness (QED) is 0.897. The summed E-state index contributed by atoms with van der Waals surface area (Å²) in [5, 5.41) is 6.73. The summed E-state index contributed by atoms with van der Waals surface area (Å²) in [7, 11) is 1.83. The predicted octanol–water partition coefficient (Wildman–Crippen LogP) is 3.37. The van der Waals surface area contributed by atoms with E-state index in [1.807, 2.05) is 38.2 Å². The van der Waals surface area contributed by atoms with Gasteiger partial charge in [0.1, 0.15) is 10.8 Å². The van der Waals surface area contributed by atoms with E-state index in [-0.39, 0.29) is 0 Å². The van der Waals surface area contributed by atoms with Gasteiger partial charge in [0.25, 0.3) is 0 Å². The Labute approximate surface area is 117 Å². The van der Waals surface area contributed by atoms with Crippen LogP contribution in [0, 0.1) is 6.92 Å². The lowest BCUT2D eigenvalue weighted by atomic mass is 10.1. The second kappa shape index (κ2) is 5.71. The van der Waals surface area contributed by atoms with E-state index in [1.54, 1.807) is 6.20 Å². The molecule has 2 N–H and O–H groups in total. The zero-order valence-electron chi connectivity index (χ0n) is 10.9. The van der Waals surface area contributed by atoms with Crippen LogP contribution in [-0.4, -0.2) is 17.0 Å². The molecule has 2 aromatic rings. The number of hydrogen-bond donors (Lipinski definition) is 2. The topological polar surface area (TPSA) is 49.8 Å². The van der Waals surface area contributed by atoms with Crippen molar-refractivity contribution in [3.63, 3.8) is 0 Å². The predicted molar refractivity (Wildman–Crippen MR) is 79.6 cm³/mol. The van der Waals surface area contributed by atoms with E-state index in [1.165, 1.54) is 0 Å². The smallest absolute Gasteiger partial charge is 0.152 e. The molecule has 19 heavy (non-hydrogen) atoms. The first kappa shape index (κ1) is 13.4. The third kappa shape index (κ3) is 3.03. The molecule has 0 aliphatic rings. The van der Waals surface area contributed by atoms with Crippen LogP contribution < -0.4 is 10.6 Å². The molecular weight excluding hydrogens is 260 g/mol. The Morgan fingerprint density at radius 3 is 2.79 bits per heavy atom. The van der Waals surface area contributed by atoms with Crippen LogP contribution >= 0.6 is 11.6 Å². The van der Waals surface area contributed by atoms with Gasteiger partial charge in [-0.3, -0.25) is 0 Å². The number of hydrogen-bond acceptors (Lipinski definition) is 4. The molecule has 5 heteroatoms. The second-order valence-corrected chi connectivity index (χ2v) is 4.42. The van der Waals surface area contributed by atoms with Crippen LogP contribution in [0.1, 0.15) is 11.4 Å². The average molecular weight is 275 g/mol. The zero-order valence-corrected chi connectivity index (χ0v) is 11.6. The number of nitrogens with one attached hydrogen (secondary N) is 2. The lowest BCUT2D eigenvalue weighted by Crippen LogP contribution is -2.06. The van der Waals surface area contributed by atoms with E-state index in [2.05, 4.69) is 27.2 Å². The number of aromatic nitrogens is 2. The molecule has 2 rings (SSSR count). The first-order chi connectivity index (χ1) is 9.11. The highest BCUT2D eigenvalue weighted by atomic mass is 35.5. The van der Waals surface area contributed by atoms with Crippen molar-refractivity contribution in [3.05, 3.63) is 53.5 Å². The van der Waals surface area contributed by atoms with Gasteiger partial charge in [0.05, 0.1) is 6.20 Å². The molecule has 0 unspecified atom stereocenters. The number of para-hydroxylation sites is 1. The SMILES string of the molecule is C=C(NC)c1ccccc1Nc1nc(C)ncc1Cl. The van der Waals surface area contributed by atoms with E-state index in [4.69, 9.17) is 11.6 Å². The molecule has 0 spiro atoms. The maximum Gasteiger partial charge on any atom is 0.152 e. The minimum atomic E-state index is 0.482. The molecule has 0 fully saturated rings. The Hall–Kier alpha value is -2.07. The van der Waals surface area contributed by atoms with Crippen molar-refractivity contribution in [2.24, 2.45) is 0 Å². The number of rotatable bonds is 4. The second-order valence-electron chi connectivity index (χ2n) is 4.01. The van der Waals surface area contributed by atoms with Crippen LogP contribution in [0.5, 0.6) is 0 Å². The largest absolute Gasteiger partial charge is 0.388 e. The Morgan fingerprint density at radius 2 is 2.05 bits per heavy atom. The van der Waals surface area contributed by atoms with E-state index < -0.39 is 0 Å².